The molecule has 1 aromatic heterocycles. The highest BCUT2D eigenvalue weighted by molar-refractivity contribution is 6.23. The van der Waals surface area contributed by atoms with Gasteiger partial charge in [0.2, 0.25) is 5.79 Å². The van der Waals surface area contributed by atoms with Gasteiger partial charge in [0.1, 0.15) is 6.10 Å². The fourth-order valence-corrected chi connectivity index (χ4v) is 5.87. The van der Waals surface area contributed by atoms with Crippen molar-refractivity contribution in [1.82, 2.24) is 10.3 Å². The monoisotopic (exact) mass is 487 g/mol. The van der Waals surface area contributed by atoms with E-state index in [0.717, 1.165) is 61.6 Å². The lowest BCUT2D eigenvalue weighted by Crippen LogP contribution is -2.49. The molecule has 0 amide bonds. The molecule has 1 saturated heterocycles. The molecule has 1 aliphatic heterocycles. The van der Waals surface area contributed by atoms with Gasteiger partial charge < -0.3 is 15.4 Å². The highest BCUT2D eigenvalue weighted by Gasteiger charge is 2.42. The Morgan fingerprint density at radius 3 is 2.68 bits per heavy atom. The van der Waals surface area contributed by atoms with Crippen LogP contribution in [0, 0.1) is 11.8 Å². The minimum Gasteiger partial charge on any atom is -0.384 e. The van der Waals surface area contributed by atoms with Gasteiger partial charge in [-0.25, -0.2) is 9.78 Å². The van der Waals surface area contributed by atoms with Crippen molar-refractivity contribution in [1.29, 1.82) is 0 Å². The normalized spacial score (nSPS) is 35.6. The summed E-state index contributed by atoms with van der Waals surface area (Å²) in [6.07, 6.45) is 19.2. The summed E-state index contributed by atoms with van der Waals surface area (Å²) in [6.45, 7) is 4.72. The van der Waals surface area contributed by atoms with Crippen molar-refractivity contribution >= 4 is 29.4 Å². The van der Waals surface area contributed by atoms with E-state index in [1.807, 2.05) is 31.3 Å². The summed E-state index contributed by atoms with van der Waals surface area (Å²) < 4.78 is 5.99. The summed E-state index contributed by atoms with van der Waals surface area (Å²) >= 11 is 6.26. The maximum Gasteiger partial charge on any atom is 0.201 e. The summed E-state index contributed by atoms with van der Waals surface area (Å²) in [7, 11) is 0. The Bertz CT molecular complexity index is 874. The van der Waals surface area contributed by atoms with E-state index in [1.54, 1.807) is 0 Å². The van der Waals surface area contributed by atoms with E-state index in [0.29, 0.717) is 18.6 Å². The Labute approximate surface area is 208 Å². The molecule has 1 aromatic rings. The number of halogens is 1. The van der Waals surface area contributed by atoms with Crippen molar-refractivity contribution in [2.75, 3.05) is 25.0 Å². The molecular formula is C27H38ClN3O3. The molecule has 2 N–H and O–H groups in total. The first-order chi connectivity index (χ1) is 16.6. The average molecular weight is 488 g/mol. The van der Waals surface area contributed by atoms with Gasteiger partial charge in [0.25, 0.3) is 0 Å². The van der Waals surface area contributed by atoms with E-state index in [1.165, 1.54) is 25.7 Å². The molecule has 7 heteroatoms. The molecule has 0 bridgehead atoms. The molecule has 4 aliphatic rings. The van der Waals surface area contributed by atoms with Crippen molar-refractivity contribution in [2.45, 2.75) is 81.6 Å². The molecule has 0 aromatic carbocycles. The quantitative estimate of drug-likeness (QED) is 0.405. The summed E-state index contributed by atoms with van der Waals surface area (Å²) in [5, 5.41) is 7.50. The molecule has 1 spiro atoms. The minimum absolute atomic E-state index is 0.0231. The van der Waals surface area contributed by atoms with Crippen LogP contribution in [-0.4, -0.2) is 48.0 Å². The van der Waals surface area contributed by atoms with E-state index in [4.69, 9.17) is 26.1 Å². The molecule has 4 unspecified atom stereocenters. The summed E-state index contributed by atoms with van der Waals surface area (Å²) in [4.78, 5) is 15.5. The average Bonchev–Trinajstić information content (AvgIpc) is 3.06. The van der Waals surface area contributed by atoms with Crippen LogP contribution in [0.15, 0.2) is 24.4 Å². The Kier molecular flexibility index (Phi) is 7.91. The molecule has 2 heterocycles. The van der Waals surface area contributed by atoms with Crippen molar-refractivity contribution in [3.63, 3.8) is 0 Å². The highest BCUT2D eigenvalue weighted by atomic mass is 35.5. The van der Waals surface area contributed by atoms with Gasteiger partial charge in [-0.15, -0.1) is 11.6 Å². The summed E-state index contributed by atoms with van der Waals surface area (Å²) in [6, 6.07) is 2.63. The topological polar surface area (TPSA) is 64.6 Å². The molecule has 3 aliphatic carbocycles. The van der Waals surface area contributed by atoms with E-state index < -0.39 is 5.79 Å². The number of alkyl halides is 1. The van der Waals surface area contributed by atoms with Crippen molar-refractivity contribution in [3.8, 4) is 0 Å². The Balaban J connectivity index is 1.07. The second-order valence-corrected chi connectivity index (χ2v) is 11.0. The molecule has 4 atom stereocenters. The van der Waals surface area contributed by atoms with Crippen LogP contribution >= 0.6 is 11.6 Å². The maximum atomic E-state index is 6.26. The van der Waals surface area contributed by atoms with Gasteiger partial charge in [-0.05, 0) is 69.6 Å². The second kappa shape index (κ2) is 11.1. The van der Waals surface area contributed by atoms with Crippen LogP contribution in [0.4, 0.5) is 5.69 Å². The lowest BCUT2D eigenvalue weighted by Gasteiger charge is -2.42. The summed E-state index contributed by atoms with van der Waals surface area (Å²) in [5.74, 6) is 0.943. The lowest BCUT2D eigenvalue weighted by molar-refractivity contribution is -0.489. The third kappa shape index (κ3) is 6.03. The van der Waals surface area contributed by atoms with Gasteiger partial charge in [0.05, 0.1) is 17.7 Å². The zero-order valence-electron chi connectivity index (χ0n) is 20.2. The lowest BCUT2D eigenvalue weighted by atomic mass is 9.81. The van der Waals surface area contributed by atoms with Crippen LogP contribution in [0.3, 0.4) is 0 Å². The third-order valence-electron chi connectivity index (χ3n) is 7.77. The van der Waals surface area contributed by atoms with Crippen molar-refractivity contribution in [3.05, 3.63) is 35.7 Å². The van der Waals surface area contributed by atoms with Gasteiger partial charge in [0, 0.05) is 42.9 Å². The molecule has 5 rings (SSSR count). The maximum absolute atomic E-state index is 6.26. The van der Waals surface area contributed by atoms with E-state index in [-0.39, 0.29) is 11.5 Å². The van der Waals surface area contributed by atoms with Crippen LogP contribution < -0.4 is 10.6 Å². The Morgan fingerprint density at radius 2 is 1.88 bits per heavy atom. The first kappa shape index (κ1) is 24.3. The number of rotatable bonds is 6. The van der Waals surface area contributed by atoms with Gasteiger partial charge in [0.15, 0.2) is 0 Å². The number of anilines is 1. The fourth-order valence-electron chi connectivity index (χ4n) is 5.73. The Morgan fingerprint density at radius 1 is 1.09 bits per heavy atom. The number of hydrogen-bond acceptors (Lipinski definition) is 6. The molecule has 186 valence electrons. The standard InChI is InChI=1S/C27H38ClN3O3/c1-19-18-32-27(34-33-19)12-9-23(10-13-27)30-16-20-3-2-4-21(15-20)17-31-26-11-14-29-25-8-6-22(28)5-7-24(25)26/h5-8,11,14,19-23,30H,2-4,9-10,12-13,15-18H2,1H3,(H,29,31). The van der Waals surface area contributed by atoms with Crippen LogP contribution in [0.25, 0.3) is 12.2 Å². The third-order valence-corrected chi connectivity index (χ3v) is 8.06. The van der Waals surface area contributed by atoms with E-state index in [2.05, 4.69) is 27.8 Å². The molecule has 34 heavy (non-hydrogen) atoms. The predicted molar refractivity (Wildman–Crippen MR) is 136 cm³/mol. The minimum atomic E-state index is -0.507. The van der Waals surface area contributed by atoms with Gasteiger partial charge in [-0.1, -0.05) is 24.6 Å². The first-order valence-corrected chi connectivity index (χ1v) is 13.5. The zero-order valence-corrected chi connectivity index (χ0v) is 20.9. The SMILES string of the molecule is CC1COC2(CCC(NCC3CCCC(CNc4ccnc5c4C=CC(Cl)C=C5)C3)CC2)OO1. The molecule has 0 radical (unpaired) electrons. The largest absolute Gasteiger partial charge is 0.384 e. The molecule has 3 fully saturated rings. The number of nitrogens with zero attached hydrogens (tertiary/aromatic N) is 1. The van der Waals surface area contributed by atoms with E-state index >= 15 is 0 Å². The molecule has 6 nitrogen and oxygen atoms in total. The first-order valence-electron chi connectivity index (χ1n) is 13.0. The Hall–Kier alpha value is -1.44. The van der Waals surface area contributed by atoms with Crippen LogP contribution in [-0.2, 0) is 14.5 Å². The number of fused-ring (bicyclic) bond motifs is 1. The van der Waals surface area contributed by atoms with Crippen LogP contribution in [0.1, 0.15) is 69.5 Å². The number of aromatic nitrogens is 1. The van der Waals surface area contributed by atoms with Crippen LogP contribution in [0.5, 0.6) is 0 Å². The van der Waals surface area contributed by atoms with E-state index in [9.17, 15) is 0 Å². The van der Waals surface area contributed by atoms with Crippen molar-refractivity contribution in [2.24, 2.45) is 11.8 Å². The smallest absolute Gasteiger partial charge is 0.201 e. The predicted octanol–water partition coefficient (Wildman–Crippen LogP) is 5.54. The number of hydrogen-bond donors (Lipinski definition) is 2. The second-order valence-electron chi connectivity index (χ2n) is 10.5. The summed E-state index contributed by atoms with van der Waals surface area (Å²) in [5.41, 5.74) is 3.27. The number of allylic oxidation sites excluding steroid dienone is 2. The van der Waals surface area contributed by atoms with Gasteiger partial charge in [-0.3, -0.25) is 4.98 Å². The van der Waals surface area contributed by atoms with Crippen LogP contribution in [0.2, 0.25) is 0 Å². The van der Waals surface area contributed by atoms with Gasteiger partial charge in [-0.2, -0.15) is 0 Å². The number of pyridine rings is 1. The number of ether oxygens (including phenoxy) is 1. The zero-order chi connectivity index (χ0) is 23.4. The highest BCUT2D eigenvalue weighted by Crippen LogP contribution is 2.36. The molecular weight excluding hydrogens is 450 g/mol. The number of nitrogens with one attached hydrogen (secondary N) is 2. The van der Waals surface area contributed by atoms with Gasteiger partial charge >= 0.3 is 0 Å². The van der Waals surface area contributed by atoms with Crippen molar-refractivity contribution < 1.29 is 14.5 Å². The fraction of sp³-hybridized carbons (Fsp3) is 0.667. The molecule has 2 saturated carbocycles.